The fourth-order valence-electron chi connectivity index (χ4n) is 2.05. The number of carbonyl (C=O) groups excluding carboxylic acids is 2. The molecule has 0 radical (unpaired) electrons. The van der Waals surface area contributed by atoms with Crippen LogP contribution < -0.4 is 9.47 Å². The topological polar surface area (TPSA) is 74.7 Å². The maximum Gasteiger partial charge on any atom is 0.340 e. The lowest BCUT2D eigenvalue weighted by atomic mass is 10.1. The molecular weight excluding hydrogens is 357 g/mol. The lowest BCUT2D eigenvalue weighted by Crippen LogP contribution is -2.17. The third kappa shape index (κ3) is 3.60. The van der Waals surface area contributed by atoms with Crippen LogP contribution in [0.5, 0.6) is 11.5 Å². The first-order valence-corrected chi connectivity index (χ1v) is 7.71. The van der Waals surface area contributed by atoms with Gasteiger partial charge in [0, 0.05) is 11.8 Å². The number of benzene rings is 1. The van der Waals surface area contributed by atoms with Gasteiger partial charge >= 0.3 is 5.97 Å². The molecule has 0 saturated heterocycles. The molecule has 1 aromatic heterocycles. The van der Waals surface area contributed by atoms with Crippen molar-refractivity contribution in [2.24, 2.45) is 0 Å². The molecule has 8 heteroatoms. The van der Waals surface area contributed by atoms with Crippen LogP contribution in [0.4, 0.5) is 0 Å². The van der Waals surface area contributed by atoms with Crippen molar-refractivity contribution >= 4 is 35.0 Å². The normalized spacial score (nSPS) is 12.6. The summed E-state index contributed by atoms with van der Waals surface area (Å²) in [4.78, 5) is 27.8. The Labute approximate surface area is 147 Å². The molecule has 24 heavy (non-hydrogen) atoms. The van der Waals surface area contributed by atoms with Crippen LogP contribution in [0, 0.1) is 0 Å². The smallest absolute Gasteiger partial charge is 0.340 e. The number of fused-ring (bicyclic) bond motifs is 1. The zero-order chi connectivity index (χ0) is 17.1. The van der Waals surface area contributed by atoms with Crippen molar-refractivity contribution in [3.63, 3.8) is 0 Å². The molecule has 0 N–H and O–H groups in total. The molecule has 2 aromatic rings. The molecule has 0 saturated carbocycles. The second kappa shape index (κ2) is 7.07. The number of ether oxygens (including phenoxy) is 3. The zero-order valence-electron chi connectivity index (χ0n) is 12.3. The Kier molecular flexibility index (Phi) is 4.87. The van der Waals surface area contributed by atoms with Crippen LogP contribution in [0.25, 0.3) is 0 Å². The number of carbonyl (C=O) groups is 2. The SMILES string of the molecule is O=C(COC(=O)c1cnc(Cl)c(Cl)c1)c1ccc2c(c1)OCCO2. The number of esters is 1. The Morgan fingerprint density at radius 1 is 1.08 bits per heavy atom. The standard InChI is InChI=1S/C16H11Cl2NO5/c17-11-5-10(7-19-15(11)18)16(21)24-8-12(20)9-1-2-13-14(6-9)23-4-3-22-13/h1-2,5-7H,3-4,8H2. The molecule has 6 nitrogen and oxygen atoms in total. The summed E-state index contributed by atoms with van der Waals surface area (Å²) >= 11 is 11.5. The number of pyridine rings is 1. The minimum atomic E-state index is -0.716. The van der Waals surface area contributed by atoms with E-state index in [1.165, 1.54) is 12.3 Å². The van der Waals surface area contributed by atoms with Crippen molar-refractivity contribution in [2.45, 2.75) is 0 Å². The van der Waals surface area contributed by atoms with E-state index in [2.05, 4.69) is 4.98 Å². The van der Waals surface area contributed by atoms with Crippen molar-refractivity contribution in [1.82, 2.24) is 4.98 Å². The van der Waals surface area contributed by atoms with Crippen LogP contribution in [-0.4, -0.2) is 36.6 Å². The summed E-state index contributed by atoms with van der Waals surface area (Å²) in [6.45, 7) is 0.471. The van der Waals surface area contributed by atoms with Gasteiger partial charge in [-0.15, -0.1) is 0 Å². The van der Waals surface area contributed by atoms with Crippen LogP contribution in [0.1, 0.15) is 20.7 Å². The molecule has 2 heterocycles. The van der Waals surface area contributed by atoms with Crippen molar-refractivity contribution in [3.05, 3.63) is 51.8 Å². The molecule has 1 aliphatic heterocycles. The van der Waals surface area contributed by atoms with E-state index in [9.17, 15) is 9.59 Å². The third-order valence-electron chi connectivity index (χ3n) is 3.23. The largest absolute Gasteiger partial charge is 0.486 e. The van der Waals surface area contributed by atoms with Crippen LogP contribution in [0.3, 0.4) is 0 Å². The zero-order valence-corrected chi connectivity index (χ0v) is 13.8. The highest BCUT2D eigenvalue weighted by Crippen LogP contribution is 2.30. The molecule has 0 unspecified atom stereocenters. The maximum atomic E-state index is 12.2. The molecule has 1 aromatic carbocycles. The summed E-state index contributed by atoms with van der Waals surface area (Å²) in [5.74, 6) is -0.0101. The molecule has 0 atom stereocenters. The fraction of sp³-hybridized carbons (Fsp3) is 0.188. The highest BCUT2D eigenvalue weighted by Gasteiger charge is 2.17. The van der Waals surface area contributed by atoms with E-state index in [0.29, 0.717) is 30.3 Å². The molecule has 0 fully saturated rings. The van der Waals surface area contributed by atoms with Gasteiger partial charge in [0.2, 0.25) is 0 Å². The first-order chi connectivity index (χ1) is 11.5. The van der Waals surface area contributed by atoms with Gasteiger partial charge in [0.25, 0.3) is 0 Å². The Balaban J connectivity index is 1.64. The number of rotatable bonds is 4. The molecule has 0 bridgehead atoms. The molecule has 0 spiro atoms. The monoisotopic (exact) mass is 367 g/mol. The molecule has 1 aliphatic rings. The minimum absolute atomic E-state index is 0.0839. The number of ketones is 1. The Bertz CT molecular complexity index is 809. The number of halogens is 2. The first kappa shape index (κ1) is 16.5. The highest BCUT2D eigenvalue weighted by molar-refractivity contribution is 6.41. The molecular formula is C16H11Cl2NO5. The van der Waals surface area contributed by atoms with Gasteiger partial charge in [-0.3, -0.25) is 4.79 Å². The average molecular weight is 368 g/mol. The Morgan fingerprint density at radius 3 is 2.58 bits per heavy atom. The van der Waals surface area contributed by atoms with Crippen molar-refractivity contribution in [1.29, 1.82) is 0 Å². The maximum absolute atomic E-state index is 12.2. The van der Waals surface area contributed by atoms with Gasteiger partial charge in [0.15, 0.2) is 23.9 Å². The van der Waals surface area contributed by atoms with E-state index < -0.39 is 12.6 Å². The van der Waals surface area contributed by atoms with Crippen molar-refractivity contribution in [3.8, 4) is 11.5 Å². The highest BCUT2D eigenvalue weighted by atomic mass is 35.5. The third-order valence-corrected chi connectivity index (χ3v) is 3.92. The molecule has 0 aliphatic carbocycles. The van der Waals surface area contributed by atoms with E-state index in [4.69, 9.17) is 37.4 Å². The van der Waals surface area contributed by atoms with Gasteiger partial charge in [0.1, 0.15) is 18.4 Å². The molecule has 3 rings (SSSR count). The van der Waals surface area contributed by atoms with E-state index >= 15 is 0 Å². The molecule has 124 valence electrons. The van der Waals surface area contributed by atoms with Crippen LogP contribution in [0.15, 0.2) is 30.5 Å². The lowest BCUT2D eigenvalue weighted by molar-refractivity contribution is 0.0474. The Morgan fingerprint density at radius 2 is 1.83 bits per heavy atom. The summed E-state index contributed by atoms with van der Waals surface area (Å²) in [5.41, 5.74) is 0.471. The van der Waals surface area contributed by atoms with Gasteiger partial charge in [-0.2, -0.15) is 0 Å². The molecule has 0 amide bonds. The second-order valence-electron chi connectivity index (χ2n) is 4.85. The minimum Gasteiger partial charge on any atom is -0.486 e. The van der Waals surface area contributed by atoms with E-state index in [-0.39, 0.29) is 21.5 Å². The van der Waals surface area contributed by atoms with E-state index in [1.54, 1.807) is 18.2 Å². The summed E-state index contributed by atoms with van der Waals surface area (Å²) in [6, 6.07) is 6.12. The number of nitrogens with zero attached hydrogens (tertiary/aromatic N) is 1. The fourth-order valence-corrected chi connectivity index (χ4v) is 2.32. The number of hydrogen-bond acceptors (Lipinski definition) is 6. The van der Waals surface area contributed by atoms with Crippen LogP contribution >= 0.6 is 23.2 Å². The summed E-state index contributed by atoms with van der Waals surface area (Å²) < 4.78 is 15.8. The predicted molar refractivity (Wildman–Crippen MR) is 86.3 cm³/mol. The summed E-state index contributed by atoms with van der Waals surface area (Å²) in [5, 5.41) is 0.213. The van der Waals surface area contributed by atoms with Gasteiger partial charge in [-0.25, -0.2) is 9.78 Å². The van der Waals surface area contributed by atoms with Crippen molar-refractivity contribution < 1.29 is 23.8 Å². The van der Waals surface area contributed by atoms with Gasteiger partial charge < -0.3 is 14.2 Å². The van der Waals surface area contributed by atoms with E-state index in [0.717, 1.165) is 0 Å². The van der Waals surface area contributed by atoms with E-state index in [1.807, 2.05) is 0 Å². The Hall–Kier alpha value is -2.31. The number of hydrogen-bond donors (Lipinski definition) is 0. The quantitative estimate of drug-likeness (QED) is 0.469. The van der Waals surface area contributed by atoms with Crippen molar-refractivity contribution in [2.75, 3.05) is 19.8 Å². The number of Topliss-reactive ketones (excluding diaryl/α,β-unsaturated/α-hetero) is 1. The predicted octanol–water partition coefficient (Wildman–Crippen LogP) is 3.20. The summed E-state index contributed by atoms with van der Waals surface area (Å²) in [7, 11) is 0. The van der Waals surface area contributed by atoms with Crippen LogP contribution in [-0.2, 0) is 4.74 Å². The van der Waals surface area contributed by atoms with Gasteiger partial charge in [0.05, 0.1) is 10.6 Å². The second-order valence-corrected chi connectivity index (χ2v) is 5.62. The summed E-state index contributed by atoms with van der Waals surface area (Å²) in [6.07, 6.45) is 1.23. The lowest BCUT2D eigenvalue weighted by Gasteiger charge is -2.18. The number of aromatic nitrogens is 1. The average Bonchev–Trinajstić information content (AvgIpc) is 2.61. The van der Waals surface area contributed by atoms with Gasteiger partial charge in [-0.1, -0.05) is 23.2 Å². The van der Waals surface area contributed by atoms with Gasteiger partial charge in [-0.05, 0) is 24.3 Å². The van der Waals surface area contributed by atoms with Crippen LogP contribution in [0.2, 0.25) is 10.2 Å². The first-order valence-electron chi connectivity index (χ1n) is 6.95.